The van der Waals surface area contributed by atoms with Gasteiger partial charge in [-0.3, -0.25) is 0 Å². The summed E-state index contributed by atoms with van der Waals surface area (Å²) in [5.74, 6) is 1.70. The number of aromatic nitrogens is 2. The maximum Gasteiger partial charge on any atom is 0.137 e. The smallest absolute Gasteiger partial charge is 0.137 e. The highest BCUT2D eigenvalue weighted by Crippen LogP contribution is 2.30. The van der Waals surface area contributed by atoms with Crippen LogP contribution in [0.5, 0.6) is 0 Å². The quantitative estimate of drug-likeness (QED) is 0.833. The van der Waals surface area contributed by atoms with Crippen LogP contribution in [-0.2, 0) is 0 Å². The minimum Gasteiger partial charge on any atom is -0.388 e. The fraction of sp³-hybridized carbons (Fsp3) is 0.714. The molecule has 4 nitrogen and oxygen atoms in total. The van der Waals surface area contributed by atoms with Gasteiger partial charge in [0.15, 0.2) is 0 Å². The summed E-state index contributed by atoms with van der Waals surface area (Å²) in [7, 11) is 0. The second kappa shape index (κ2) is 5.63. The number of anilines is 1. The summed E-state index contributed by atoms with van der Waals surface area (Å²) in [6.45, 7) is 6.50. The van der Waals surface area contributed by atoms with E-state index in [1.807, 2.05) is 20.8 Å². The van der Waals surface area contributed by atoms with E-state index in [4.69, 9.17) is 11.6 Å². The van der Waals surface area contributed by atoms with Gasteiger partial charge in [-0.1, -0.05) is 38.3 Å². The molecule has 5 heteroatoms. The Morgan fingerprint density at radius 3 is 2.53 bits per heavy atom. The number of hydrogen-bond acceptors (Lipinski definition) is 4. The Kier molecular flexibility index (Phi) is 4.31. The summed E-state index contributed by atoms with van der Waals surface area (Å²) in [4.78, 5) is 8.79. The van der Waals surface area contributed by atoms with Crippen LogP contribution in [0.1, 0.15) is 56.8 Å². The second-order valence-electron chi connectivity index (χ2n) is 5.79. The molecule has 1 saturated carbocycles. The Balaban J connectivity index is 2.15. The zero-order valence-electron chi connectivity index (χ0n) is 11.8. The topological polar surface area (TPSA) is 58.0 Å². The molecule has 1 aromatic heterocycles. The third-order valence-corrected chi connectivity index (χ3v) is 4.11. The molecule has 0 unspecified atom stereocenters. The van der Waals surface area contributed by atoms with Crippen molar-refractivity contribution in [3.8, 4) is 0 Å². The number of aliphatic hydroxyl groups is 1. The maximum atomic E-state index is 10.4. The number of rotatable bonds is 4. The van der Waals surface area contributed by atoms with Gasteiger partial charge in [-0.15, -0.1) is 0 Å². The molecule has 0 saturated heterocycles. The summed E-state index contributed by atoms with van der Waals surface area (Å²) < 4.78 is 0. The van der Waals surface area contributed by atoms with E-state index in [-0.39, 0.29) is 5.92 Å². The molecule has 106 valence electrons. The predicted octanol–water partition coefficient (Wildman–Crippen LogP) is 3.28. The SMILES string of the molecule is Cc1c(Cl)nc(C(C)C)nc1NCC1(O)CCCC1. The van der Waals surface area contributed by atoms with Crippen LogP contribution in [0.3, 0.4) is 0 Å². The first-order valence-corrected chi connectivity index (χ1v) is 7.29. The van der Waals surface area contributed by atoms with Crippen molar-refractivity contribution >= 4 is 17.4 Å². The van der Waals surface area contributed by atoms with E-state index in [0.29, 0.717) is 11.7 Å². The van der Waals surface area contributed by atoms with Crippen molar-refractivity contribution in [3.05, 3.63) is 16.5 Å². The fourth-order valence-electron chi connectivity index (χ4n) is 2.39. The van der Waals surface area contributed by atoms with Crippen LogP contribution < -0.4 is 5.32 Å². The lowest BCUT2D eigenvalue weighted by atomic mass is 10.0. The molecule has 1 heterocycles. The van der Waals surface area contributed by atoms with Crippen molar-refractivity contribution in [2.75, 3.05) is 11.9 Å². The van der Waals surface area contributed by atoms with Gasteiger partial charge in [-0.25, -0.2) is 9.97 Å². The van der Waals surface area contributed by atoms with E-state index >= 15 is 0 Å². The molecule has 0 aromatic carbocycles. The molecule has 2 rings (SSSR count). The summed E-state index contributed by atoms with van der Waals surface area (Å²) in [6.07, 6.45) is 3.90. The van der Waals surface area contributed by atoms with E-state index in [0.717, 1.165) is 42.9 Å². The van der Waals surface area contributed by atoms with Crippen molar-refractivity contribution in [1.82, 2.24) is 9.97 Å². The first kappa shape index (κ1) is 14.5. The highest BCUT2D eigenvalue weighted by atomic mass is 35.5. The van der Waals surface area contributed by atoms with Gasteiger partial charge in [-0.05, 0) is 19.8 Å². The molecular weight excluding hydrogens is 262 g/mol. The lowest BCUT2D eigenvalue weighted by molar-refractivity contribution is 0.0614. The van der Waals surface area contributed by atoms with Gasteiger partial charge in [0.2, 0.25) is 0 Å². The van der Waals surface area contributed by atoms with Crippen molar-refractivity contribution in [2.45, 2.75) is 58.0 Å². The molecule has 1 aliphatic rings. The standard InChI is InChI=1S/C14H22ClN3O/c1-9(2)12-17-11(15)10(3)13(18-12)16-8-14(19)6-4-5-7-14/h9,19H,4-8H2,1-3H3,(H,16,17,18). The molecule has 1 fully saturated rings. The summed E-state index contributed by atoms with van der Waals surface area (Å²) >= 11 is 6.14. The number of nitrogens with zero attached hydrogens (tertiary/aromatic N) is 2. The minimum absolute atomic E-state index is 0.230. The van der Waals surface area contributed by atoms with Crippen LogP contribution in [0, 0.1) is 6.92 Å². The lowest BCUT2D eigenvalue weighted by Crippen LogP contribution is -2.34. The molecule has 1 aliphatic carbocycles. The fourth-order valence-corrected chi connectivity index (χ4v) is 2.57. The molecule has 2 N–H and O–H groups in total. The van der Waals surface area contributed by atoms with Gasteiger partial charge in [0.05, 0.1) is 5.60 Å². The van der Waals surface area contributed by atoms with E-state index in [2.05, 4.69) is 15.3 Å². The average Bonchev–Trinajstić information content (AvgIpc) is 2.78. The summed E-state index contributed by atoms with van der Waals surface area (Å²) in [5, 5.41) is 14.1. The van der Waals surface area contributed by atoms with E-state index in [1.54, 1.807) is 0 Å². The van der Waals surface area contributed by atoms with E-state index in [9.17, 15) is 5.11 Å². The van der Waals surface area contributed by atoms with Gasteiger partial charge in [0.25, 0.3) is 0 Å². The van der Waals surface area contributed by atoms with Crippen LogP contribution in [0.25, 0.3) is 0 Å². The molecule has 0 radical (unpaired) electrons. The average molecular weight is 284 g/mol. The Bertz CT molecular complexity index is 456. The van der Waals surface area contributed by atoms with Gasteiger partial charge < -0.3 is 10.4 Å². The molecule has 0 bridgehead atoms. The highest BCUT2D eigenvalue weighted by Gasteiger charge is 2.31. The van der Waals surface area contributed by atoms with Gasteiger partial charge >= 0.3 is 0 Å². The third-order valence-electron chi connectivity index (χ3n) is 3.74. The van der Waals surface area contributed by atoms with Gasteiger partial charge in [0.1, 0.15) is 16.8 Å². The van der Waals surface area contributed by atoms with Crippen LogP contribution in [-0.4, -0.2) is 27.2 Å². The zero-order valence-corrected chi connectivity index (χ0v) is 12.6. The Hall–Kier alpha value is -0.870. The Labute approximate surface area is 119 Å². The maximum absolute atomic E-state index is 10.4. The van der Waals surface area contributed by atoms with Gasteiger partial charge in [-0.2, -0.15) is 0 Å². The second-order valence-corrected chi connectivity index (χ2v) is 6.14. The molecule has 0 atom stereocenters. The van der Waals surface area contributed by atoms with Crippen molar-refractivity contribution < 1.29 is 5.11 Å². The molecule has 0 aliphatic heterocycles. The van der Waals surface area contributed by atoms with E-state index < -0.39 is 5.60 Å². The van der Waals surface area contributed by atoms with Crippen LogP contribution in [0.2, 0.25) is 5.15 Å². The van der Waals surface area contributed by atoms with Crippen molar-refractivity contribution in [2.24, 2.45) is 0 Å². The zero-order chi connectivity index (χ0) is 14.0. The van der Waals surface area contributed by atoms with Crippen LogP contribution in [0.4, 0.5) is 5.82 Å². The van der Waals surface area contributed by atoms with Crippen LogP contribution in [0.15, 0.2) is 0 Å². The normalized spacial score (nSPS) is 18.0. The van der Waals surface area contributed by atoms with E-state index in [1.165, 1.54) is 0 Å². The number of halogens is 1. The van der Waals surface area contributed by atoms with Crippen molar-refractivity contribution in [3.63, 3.8) is 0 Å². The van der Waals surface area contributed by atoms with Gasteiger partial charge in [0, 0.05) is 18.0 Å². The minimum atomic E-state index is -0.595. The molecule has 19 heavy (non-hydrogen) atoms. The predicted molar refractivity (Wildman–Crippen MR) is 77.8 cm³/mol. The number of nitrogens with one attached hydrogen (secondary N) is 1. The monoisotopic (exact) mass is 283 g/mol. The number of hydrogen-bond donors (Lipinski definition) is 2. The van der Waals surface area contributed by atoms with Crippen LogP contribution >= 0.6 is 11.6 Å². The molecule has 0 amide bonds. The molecule has 1 aromatic rings. The largest absolute Gasteiger partial charge is 0.388 e. The molecular formula is C14H22ClN3O. The third kappa shape index (κ3) is 3.37. The summed E-state index contributed by atoms with van der Waals surface area (Å²) in [5.41, 5.74) is 0.245. The lowest BCUT2D eigenvalue weighted by Gasteiger charge is -2.23. The first-order valence-electron chi connectivity index (χ1n) is 6.91. The van der Waals surface area contributed by atoms with Crippen molar-refractivity contribution in [1.29, 1.82) is 0 Å². The molecule has 0 spiro atoms. The highest BCUT2D eigenvalue weighted by molar-refractivity contribution is 6.30. The summed E-state index contributed by atoms with van der Waals surface area (Å²) in [6, 6.07) is 0. The first-order chi connectivity index (χ1) is 8.91. The Morgan fingerprint density at radius 2 is 1.95 bits per heavy atom. The Morgan fingerprint density at radius 1 is 1.32 bits per heavy atom.